The number of para-hydroxylation sites is 1. The van der Waals surface area contributed by atoms with Crippen molar-refractivity contribution in [1.29, 1.82) is 0 Å². The van der Waals surface area contributed by atoms with Gasteiger partial charge in [0.1, 0.15) is 5.75 Å². The number of nitrogens with one attached hydrogen (secondary N) is 2. The molecule has 2 unspecified atom stereocenters. The molecule has 3 aromatic rings. The zero-order chi connectivity index (χ0) is 15.4. The Kier molecular flexibility index (Phi) is 2.65. The molecule has 5 rings (SSSR count). The molecule has 116 valence electrons. The van der Waals surface area contributed by atoms with Gasteiger partial charge in [0.25, 0.3) is 0 Å². The molecule has 2 atom stereocenters. The Hall–Kier alpha value is -2.26. The van der Waals surface area contributed by atoms with Crippen LogP contribution in [0.1, 0.15) is 29.7 Å². The van der Waals surface area contributed by atoms with Crippen LogP contribution in [0.5, 0.6) is 5.75 Å². The first-order valence-electron chi connectivity index (χ1n) is 8.39. The van der Waals surface area contributed by atoms with Gasteiger partial charge in [-0.1, -0.05) is 30.3 Å². The molecule has 0 amide bonds. The average molecular weight is 304 g/mol. The maximum Gasteiger partial charge on any atom is 0.115 e. The highest BCUT2D eigenvalue weighted by Crippen LogP contribution is 2.50. The van der Waals surface area contributed by atoms with Gasteiger partial charge in [-0.05, 0) is 48.7 Å². The van der Waals surface area contributed by atoms with Crippen LogP contribution in [0.2, 0.25) is 0 Å². The normalized spacial score (nSPS) is 26.2. The molecule has 2 aliphatic rings. The molecule has 3 N–H and O–H groups in total. The monoisotopic (exact) mass is 304 g/mol. The van der Waals surface area contributed by atoms with Crippen LogP contribution in [0.4, 0.5) is 0 Å². The quantitative estimate of drug-likeness (QED) is 0.645. The topological polar surface area (TPSA) is 48.0 Å². The highest BCUT2D eigenvalue weighted by molar-refractivity contribution is 5.87. The Labute approximate surface area is 135 Å². The summed E-state index contributed by atoms with van der Waals surface area (Å²) in [5.41, 5.74) is 5.29. The molecule has 23 heavy (non-hydrogen) atoms. The molecule has 1 aliphatic heterocycles. The number of aromatic nitrogens is 1. The van der Waals surface area contributed by atoms with Gasteiger partial charge in [-0.15, -0.1) is 0 Å². The molecule has 0 radical (unpaired) electrons. The van der Waals surface area contributed by atoms with E-state index in [1.54, 1.807) is 6.07 Å². The number of H-pyrrole nitrogens is 1. The minimum absolute atomic E-state index is 0.00183. The largest absolute Gasteiger partial charge is 0.508 e. The Morgan fingerprint density at radius 1 is 1.09 bits per heavy atom. The standard InChI is InChI=1S/C20H20N2O/c23-15-5-3-4-13(10-15)20-8-9-21-14(12-20)11-18-19(20)16-6-1-2-7-17(16)22-18/h1-7,10,14,21-23H,8-9,11-12H2. The summed E-state index contributed by atoms with van der Waals surface area (Å²) in [6, 6.07) is 17.0. The van der Waals surface area contributed by atoms with Crippen molar-refractivity contribution < 1.29 is 5.11 Å². The lowest BCUT2D eigenvalue weighted by atomic mass is 9.62. The number of aromatic hydroxyl groups is 1. The summed E-state index contributed by atoms with van der Waals surface area (Å²) in [6.07, 6.45) is 3.23. The highest BCUT2D eigenvalue weighted by Gasteiger charge is 2.46. The third-order valence-electron chi connectivity index (χ3n) is 5.69. The van der Waals surface area contributed by atoms with Crippen LogP contribution in [-0.4, -0.2) is 22.7 Å². The lowest BCUT2D eigenvalue weighted by Gasteiger charge is -2.46. The number of piperidine rings is 1. The first-order chi connectivity index (χ1) is 11.3. The van der Waals surface area contributed by atoms with Crippen LogP contribution in [0.15, 0.2) is 48.5 Å². The predicted molar refractivity (Wildman–Crippen MR) is 91.9 cm³/mol. The molecule has 2 heterocycles. The average Bonchev–Trinajstić information content (AvgIpc) is 2.93. The molecule has 2 aromatic carbocycles. The van der Waals surface area contributed by atoms with Crippen LogP contribution in [0, 0.1) is 0 Å². The van der Waals surface area contributed by atoms with Gasteiger partial charge >= 0.3 is 0 Å². The van der Waals surface area contributed by atoms with E-state index in [9.17, 15) is 5.11 Å². The molecule has 2 bridgehead atoms. The minimum Gasteiger partial charge on any atom is -0.508 e. The minimum atomic E-state index is 0.00183. The molecule has 1 saturated heterocycles. The molecule has 1 aromatic heterocycles. The van der Waals surface area contributed by atoms with E-state index >= 15 is 0 Å². The first kappa shape index (κ1) is 13.2. The van der Waals surface area contributed by atoms with E-state index < -0.39 is 0 Å². The summed E-state index contributed by atoms with van der Waals surface area (Å²) in [7, 11) is 0. The van der Waals surface area contributed by atoms with Crippen LogP contribution >= 0.6 is 0 Å². The Balaban J connectivity index is 1.84. The third kappa shape index (κ3) is 1.80. The number of fused-ring (bicyclic) bond motifs is 6. The zero-order valence-electron chi connectivity index (χ0n) is 13.0. The fourth-order valence-electron chi connectivity index (χ4n) is 4.81. The second-order valence-electron chi connectivity index (χ2n) is 6.97. The molecule has 1 fully saturated rings. The van der Waals surface area contributed by atoms with Gasteiger partial charge in [0.05, 0.1) is 0 Å². The number of benzene rings is 2. The number of hydrogen-bond acceptors (Lipinski definition) is 2. The zero-order valence-corrected chi connectivity index (χ0v) is 13.0. The van der Waals surface area contributed by atoms with E-state index in [2.05, 4.69) is 40.6 Å². The van der Waals surface area contributed by atoms with Crippen molar-refractivity contribution in [2.24, 2.45) is 0 Å². The van der Waals surface area contributed by atoms with Crippen LogP contribution in [-0.2, 0) is 11.8 Å². The molecular formula is C20H20N2O. The van der Waals surface area contributed by atoms with Crippen molar-refractivity contribution in [3.63, 3.8) is 0 Å². The van der Waals surface area contributed by atoms with E-state index in [0.717, 1.165) is 25.8 Å². The fraction of sp³-hybridized carbons (Fsp3) is 0.300. The summed E-state index contributed by atoms with van der Waals surface area (Å²) in [5, 5.41) is 15.0. The number of hydrogen-bond donors (Lipinski definition) is 3. The summed E-state index contributed by atoms with van der Waals surface area (Å²) in [5.74, 6) is 0.360. The van der Waals surface area contributed by atoms with E-state index in [-0.39, 0.29) is 5.41 Å². The summed E-state index contributed by atoms with van der Waals surface area (Å²) in [6.45, 7) is 1.03. The second-order valence-corrected chi connectivity index (χ2v) is 6.97. The summed E-state index contributed by atoms with van der Waals surface area (Å²) >= 11 is 0. The van der Waals surface area contributed by atoms with Crippen LogP contribution in [0.25, 0.3) is 10.9 Å². The first-order valence-corrected chi connectivity index (χ1v) is 8.39. The van der Waals surface area contributed by atoms with Crippen molar-refractivity contribution in [2.75, 3.05) is 6.54 Å². The van der Waals surface area contributed by atoms with Gasteiger partial charge in [0, 0.05) is 34.5 Å². The SMILES string of the molecule is Oc1cccc(C23CCNC(Cc4[nH]c5ccccc5c42)C3)c1. The second kappa shape index (κ2) is 4.62. The van der Waals surface area contributed by atoms with Crippen molar-refractivity contribution in [1.82, 2.24) is 10.3 Å². The molecule has 0 spiro atoms. The van der Waals surface area contributed by atoms with Gasteiger partial charge in [-0.2, -0.15) is 0 Å². The van der Waals surface area contributed by atoms with Gasteiger partial charge in [-0.3, -0.25) is 0 Å². The van der Waals surface area contributed by atoms with Crippen molar-refractivity contribution in [2.45, 2.75) is 30.7 Å². The number of phenols is 1. The maximum atomic E-state index is 10.0. The molecule has 3 nitrogen and oxygen atoms in total. The summed E-state index contributed by atoms with van der Waals surface area (Å²) in [4.78, 5) is 3.65. The van der Waals surface area contributed by atoms with Gasteiger partial charge in [0.15, 0.2) is 0 Å². The molecular weight excluding hydrogens is 284 g/mol. The Morgan fingerprint density at radius 3 is 2.91 bits per heavy atom. The van der Waals surface area contributed by atoms with E-state index in [1.807, 2.05) is 12.1 Å². The van der Waals surface area contributed by atoms with Crippen LogP contribution in [0.3, 0.4) is 0 Å². The van der Waals surface area contributed by atoms with E-state index in [4.69, 9.17) is 0 Å². The molecule has 3 heteroatoms. The van der Waals surface area contributed by atoms with Gasteiger partial charge in [0.2, 0.25) is 0 Å². The molecule has 0 saturated carbocycles. The Bertz CT molecular complexity index is 898. The number of phenolic OH excluding ortho intramolecular Hbond substituents is 1. The third-order valence-corrected chi connectivity index (χ3v) is 5.69. The Morgan fingerprint density at radius 2 is 2.00 bits per heavy atom. The maximum absolute atomic E-state index is 10.0. The van der Waals surface area contributed by atoms with E-state index in [1.165, 1.54) is 27.7 Å². The van der Waals surface area contributed by atoms with Gasteiger partial charge in [-0.25, -0.2) is 0 Å². The van der Waals surface area contributed by atoms with Crippen molar-refractivity contribution >= 4 is 10.9 Å². The summed E-state index contributed by atoms with van der Waals surface area (Å²) < 4.78 is 0. The predicted octanol–water partition coefficient (Wildman–Crippen LogP) is 3.47. The number of rotatable bonds is 1. The van der Waals surface area contributed by atoms with Crippen LogP contribution < -0.4 is 5.32 Å². The van der Waals surface area contributed by atoms with Crippen molar-refractivity contribution in [3.8, 4) is 5.75 Å². The van der Waals surface area contributed by atoms with E-state index in [0.29, 0.717) is 11.8 Å². The lowest BCUT2D eigenvalue weighted by molar-refractivity contribution is 0.269. The highest BCUT2D eigenvalue weighted by atomic mass is 16.3. The fourth-order valence-corrected chi connectivity index (χ4v) is 4.81. The molecule has 1 aliphatic carbocycles. The smallest absolute Gasteiger partial charge is 0.115 e. The van der Waals surface area contributed by atoms with Crippen molar-refractivity contribution in [3.05, 3.63) is 65.4 Å². The lowest BCUT2D eigenvalue weighted by Crippen LogP contribution is -2.51. The van der Waals surface area contributed by atoms with Gasteiger partial charge < -0.3 is 15.4 Å². The number of aromatic amines is 1.